The van der Waals surface area contributed by atoms with E-state index in [0.29, 0.717) is 11.4 Å². The Morgan fingerprint density at radius 3 is 2.62 bits per heavy atom. The highest BCUT2D eigenvalue weighted by atomic mass is 35.5. The predicted octanol–water partition coefficient (Wildman–Crippen LogP) is 2.56. The maximum Gasteiger partial charge on any atom is 0.551 e. The van der Waals surface area contributed by atoms with Gasteiger partial charge in [0.1, 0.15) is 0 Å². The lowest BCUT2D eigenvalue weighted by atomic mass is 9.73. The van der Waals surface area contributed by atoms with Crippen molar-refractivity contribution in [2.45, 2.75) is 52.2 Å². The summed E-state index contributed by atoms with van der Waals surface area (Å²) in [5.74, 6) is -1.77. The third-order valence-corrected chi connectivity index (χ3v) is 5.90. The van der Waals surface area contributed by atoms with Gasteiger partial charge in [-0.15, -0.1) is 0 Å². The molecule has 0 radical (unpaired) electrons. The Hall–Kier alpha value is -1.81. The van der Waals surface area contributed by atoms with E-state index >= 15 is 0 Å². The number of benzene rings is 1. The van der Waals surface area contributed by atoms with Crippen LogP contribution in [0.2, 0.25) is 10.0 Å². The molecular weight excluding hydrogens is 456 g/mol. The molecule has 2 amide bonds. The Labute approximate surface area is 199 Å². The fourth-order valence-corrected chi connectivity index (χ4v) is 3.71. The molecule has 32 heavy (non-hydrogen) atoms. The smallest absolute Gasteiger partial charge is 0.507 e. The number of carbonyl (C=O) groups excluding carboxylic acids is 3. The highest BCUT2D eigenvalue weighted by molar-refractivity contribution is 6.49. The minimum absolute atomic E-state index is 0.0116. The lowest BCUT2D eigenvalue weighted by molar-refractivity contribution is -0.141. The molecular formula is C21H30BCl2N3O5. The molecule has 0 spiro atoms. The van der Waals surface area contributed by atoms with Crippen LogP contribution in [0.5, 0.6) is 0 Å². The van der Waals surface area contributed by atoms with Crippen LogP contribution in [0.1, 0.15) is 44.5 Å². The third-order valence-electron chi connectivity index (χ3n) is 5.33. The monoisotopic (exact) mass is 485 g/mol. The number of nitrogens with zero attached hydrogens (tertiary/aromatic N) is 1. The molecule has 2 rings (SSSR count). The number of likely N-dealkylation sites (N-methyl/N-ethyl adjacent to an activating group) is 1. The summed E-state index contributed by atoms with van der Waals surface area (Å²) < 4.78 is 11.5. The zero-order valence-electron chi connectivity index (χ0n) is 19.0. The highest BCUT2D eigenvalue weighted by Gasteiger charge is 2.40. The molecule has 1 aromatic carbocycles. The summed E-state index contributed by atoms with van der Waals surface area (Å²) in [6, 6.07) is 4.50. The molecule has 3 atom stereocenters. The molecule has 1 aromatic rings. The fraction of sp³-hybridized carbons (Fsp3) is 0.571. The molecule has 11 heteroatoms. The molecule has 2 N–H and O–H groups in total. The van der Waals surface area contributed by atoms with Gasteiger partial charge in [0.05, 0.1) is 35.7 Å². The first-order valence-corrected chi connectivity index (χ1v) is 11.3. The van der Waals surface area contributed by atoms with E-state index in [1.54, 1.807) is 6.07 Å². The van der Waals surface area contributed by atoms with Gasteiger partial charge in [0, 0.05) is 11.1 Å². The van der Waals surface area contributed by atoms with Gasteiger partial charge in [0.2, 0.25) is 5.91 Å². The second-order valence-corrected chi connectivity index (χ2v) is 9.31. The van der Waals surface area contributed by atoms with E-state index < -0.39 is 30.8 Å². The van der Waals surface area contributed by atoms with Crippen LogP contribution in [-0.4, -0.2) is 68.0 Å². The average molecular weight is 486 g/mol. The molecule has 1 fully saturated rings. The summed E-state index contributed by atoms with van der Waals surface area (Å²) in [5.41, 5.74) is 0.176. The van der Waals surface area contributed by atoms with Crippen LogP contribution in [0.15, 0.2) is 18.2 Å². The first kappa shape index (κ1) is 26.4. The number of halogens is 2. The normalized spacial score (nSPS) is 20.9. The molecule has 0 bridgehead atoms. The zero-order valence-corrected chi connectivity index (χ0v) is 20.5. The minimum Gasteiger partial charge on any atom is -0.507 e. The summed E-state index contributed by atoms with van der Waals surface area (Å²) in [4.78, 5) is 39.1. The summed E-state index contributed by atoms with van der Waals surface area (Å²) in [6.45, 7) is 7.69. The van der Waals surface area contributed by atoms with Crippen molar-refractivity contribution in [2.24, 2.45) is 5.92 Å². The molecule has 1 saturated heterocycles. The molecule has 176 valence electrons. The number of nitrogens with one attached hydrogen (secondary N) is 2. The van der Waals surface area contributed by atoms with Gasteiger partial charge in [0.25, 0.3) is 5.91 Å². The first-order valence-electron chi connectivity index (χ1n) is 10.6. The van der Waals surface area contributed by atoms with Crippen LogP contribution in [0.4, 0.5) is 0 Å². The number of hydrogen-bond acceptors (Lipinski definition) is 6. The molecule has 1 aliphatic rings. The molecule has 1 heterocycles. The van der Waals surface area contributed by atoms with Crippen molar-refractivity contribution in [3.05, 3.63) is 33.8 Å². The summed E-state index contributed by atoms with van der Waals surface area (Å²) in [7, 11) is 0.895. The van der Waals surface area contributed by atoms with E-state index in [9.17, 15) is 14.4 Å². The quantitative estimate of drug-likeness (QED) is 0.576. The molecule has 0 unspecified atom stereocenters. The van der Waals surface area contributed by atoms with Crippen LogP contribution in [-0.2, 0) is 18.9 Å². The molecule has 1 aliphatic heterocycles. The van der Waals surface area contributed by atoms with Crippen molar-refractivity contribution in [2.75, 3.05) is 20.1 Å². The maximum absolute atomic E-state index is 12.6. The molecule has 0 aromatic heterocycles. The van der Waals surface area contributed by atoms with Crippen molar-refractivity contribution in [1.29, 1.82) is 0 Å². The van der Waals surface area contributed by atoms with Crippen molar-refractivity contribution < 1.29 is 23.7 Å². The Morgan fingerprint density at radius 1 is 1.28 bits per heavy atom. The van der Waals surface area contributed by atoms with Crippen LogP contribution in [0.25, 0.3) is 0 Å². The predicted molar refractivity (Wildman–Crippen MR) is 125 cm³/mol. The van der Waals surface area contributed by atoms with Crippen LogP contribution < -0.4 is 10.6 Å². The Bertz CT molecular complexity index is 842. The van der Waals surface area contributed by atoms with E-state index in [2.05, 4.69) is 10.6 Å². The van der Waals surface area contributed by atoms with Crippen molar-refractivity contribution >= 4 is 48.1 Å². The average Bonchev–Trinajstić information content (AvgIpc) is 2.71. The lowest BCUT2D eigenvalue weighted by Gasteiger charge is -2.36. The largest absolute Gasteiger partial charge is 0.551 e. The third kappa shape index (κ3) is 7.65. The lowest BCUT2D eigenvalue weighted by Crippen LogP contribution is -2.57. The number of rotatable bonds is 7. The Kier molecular flexibility index (Phi) is 9.82. The van der Waals surface area contributed by atoms with Crippen molar-refractivity contribution in [3.8, 4) is 0 Å². The van der Waals surface area contributed by atoms with Crippen LogP contribution in [0.3, 0.4) is 0 Å². The van der Waals surface area contributed by atoms with Gasteiger partial charge in [-0.1, -0.05) is 37.0 Å². The SMILES string of the molecule is CC(C)C[C@H](NC(=O)CNC(=O)c1cc(Cl)ccc1Cl)B1OC(=O)CN(C)[C@H](C)[C@@H](C)O1. The number of hydrogen-bond donors (Lipinski definition) is 2. The minimum atomic E-state index is -0.932. The van der Waals surface area contributed by atoms with Crippen LogP contribution in [0, 0.1) is 5.92 Å². The van der Waals surface area contributed by atoms with Gasteiger partial charge in [0.15, 0.2) is 0 Å². The van der Waals surface area contributed by atoms with Gasteiger partial charge < -0.3 is 19.9 Å². The molecule has 0 saturated carbocycles. The second-order valence-electron chi connectivity index (χ2n) is 8.47. The summed E-state index contributed by atoms with van der Waals surface area (Å²) in [6.07, 6.45) is 0.295. The van der Waals surface area contributed by atoms with Crippen molar-refractivity contribution in [3.63, 3.8) is 0 Å². The summed E-state index contributed by atoms with van der Waals surface area (Å²) >= 11 is 12.0. The Balaban J connectivity index is 2.05. The zero-order chi connectivity index (χ0) is 24.0. The highest BCUT2D eigenvalue weighted by Crippen LogP contribution is 2.20. The number of amides is 2. The second kappa shape index (κ2) is 11.9. The molecule has 8 nitrogen and oxygen atoms in total. The van der Waals surface area contributed by atoms with E-state index in [1.807, 2.05) is 39.6 Å². The maximum atomic E-state index is 12.6. The fourth-order valence-electron chi connectivity index (χ4n) is 3.33. The van der Waals surface area contributed by atoms with Gasteiger partial charge in [-0.2, -0.15) is 0 Å². The van der Waals surface area contributed by atoms with Gasteiger partial charge >= 0.3 is 13.1 Å². The first-order chi connectivity index (χ1) is 15.0. The van der Waals surface area contributed by atoms with E-state index in [0.717, 1.165) is 0 Å². The van der Waals surface area contributed by atoms with E-state index in [-0.39, 0.29) is 41.7 Å². The topological polar surface area (TPSA) is 97.0 Å². The van der Waals surface area contributed by atoms with Gasteiger partial charge in [-0.05, 0) is 51.4 Å². The molecule has 0 aliphatic carbocycles. The van der Waals surface area contributed by atoms with E-state index in [4.69, 9.17) is 32.5 Å². The van der Waals surface area contributed by atoms with Crippen molar-refractivity contribution in [1.82, 2.24) is 15.5 Å². The number of carbonyl (C=O) groups is 3. The summed E-state index contributed by atoms with van der Waals surface area (Å²) in [5, 5.41) is 5.96. The standard InChI is InChI=1S/C21H30BCl2N3O5/c1-12(2)8-18(22-31-14(4)13(3)27(5)11-20(29)32-22)26-19(28)10-25-21(30)16-9-15(23)6-7-17(16)24/h6-7,9,12-14,18H,8,10-11H2,1-5H3,(H,25,30)(H,26,28)/t13-,14-,18+/m1/s1. The van der Waals surface area contributed by atoms with E-state index in [1.165, 1.54) is 12.1 Å². The van der Waals surface area contributed by atoms with Gasteiger partial charge in [-0.25, -0.2) is 0 Å². The Morgan fingerprint density at radius 2 is 1.97 bits per heavy atom. The van der Waals surface area contributed by atoms with Gasteiger partial charge in [-0.3, -0.25) is 19.3 Å². The van der Waals surface area contributed by atoms with Crippen LogP contribution >= 0.6 is 23.2 Å².